The Balaban J connectivity index is 2.10. The molecular formula is C18H21F3N2OS. The van der Waals surface area contributed by atoms with Crippen molar-refractivity contribution in [1.29, 1.82) is 0 Å². The molecule has 3 nitrogen and oxygen atoms in total. The summed E-state index contributed by atoms with van der Waals surface area (Å²) in [4.78, 5) is 12.4. The van der Waals surface area contributed by atoms with E-state index >= 15 is 0 Å². The fourth-order valence-corrected chi connectivity index (χ4v) is 4.90. The van der Waals surface area contributed by atoms with Crippen molar-refractivity contribution >= 4 is 23.4 Å². The fourth-order valence-electron chi connectivity index (χ4n) is 3.79. The van der Waals surface area contributed by atoms with Crippen molar-refractivity contribution < 1.29 is 18.0 Å². The molecule has 1 saturated carbocycles. The average Bonchev–Trinajstić information content (AvgIpc) is 2.93. The molecule has 2 aliphatic rings. The Morgan fingerprint density at radius 1 is 1.20 bits per heavy atom. The molecule has 0 spiro atoms. The first-order chi connectivity index (χ1) is 11.8. The third-order valence-electron chi connectivity index (χ3n) is 4.84. The molecule has 1 aliphatic carbocycles. The monoisotopic (exact) mass is 370 g/mol. The molecule has 2 N–H and O–H groups in total. The van der Waals surface area contributed by atoms with Crippen LogP contribution >= 0.6 is 11.8 Å². The van der Waals surface area contributed by atoms with Crippen molar-refractivity contribution in [3.05, 3.63) is 40.4 Å². The summed E-state index contributed by atoms with van der Waals surface area (Å²) in [7, 11) is 0. The molecule has 0 bridgehead atoms. The molecular weight excluding hydrogens is 349 g/mol. The molecule has 0 radical (unpaired) electrons. The van der Waals surface area contributed by atoms with E-state index in [9.17, 15) is 18.0 Å². The second-order valence-corrected chi connectivity index (χ2v) is 7.85. The second-order valence-electron chi connectivity index (χ2n) is 6.52. The van der Waals surface area contributed by atoms with Crippen molar-refractivity contribution in [2.75, 3.05) is 4.90 Å². The predicted molar refractivity (Wildman–Crippen MR) is 94.1 cm³/mol. The number of hydrogen-bond donors (Lipinski definition) is 1. The standard InChI is InChI=1S/C18H21F3N2OS/c1-11-23(16(18(19,20)21)15(25-11)17(22)24)14-10-6-5-9-13(14)12-7-3-2-4-8-12/h5-6,9-12H,2-4,7-8H2,1H3,(H2,22,24). The first-order valence-electron chi connectivity index (χ1n) is 8.46. The van der Waals surface area contributed by atoms with Gasteiger partial charge in [0.25, 0.3) is 5.91 Å². The highest BCUT2D eigenvalue weighted by Gasteiger charge is 2.48. The van der Waals surface area contributed by atoms with Crippen molar-refractivity contribution in [2.45, 2.75) is 56.5 Å². The van der Waals surface area contributed by atoms with Crippen LogP contribution in [0.5, 0.6) is 0 Å². The van der Waals surface area contributed by atoms with Gasteiger partial charge in [0, 0.05) is 5.69 Å². The van der Waals surface area contributed by atoms with Gasteiger partial charge in [0.15, 0.2) is 0 Å². The smallest absolute Gasteiger partial charge is 0.365 e. The largest absolute Gasteiger partial charge is 0.432 e. The third kappa shape index (κ3) is 3.52. The lowest BCUT2D eigenvalue weighted by Crippen LogP contribution is -2.35. The maximum atomic E-state index is 13.7. The van der Waals surface area contributed by atoms with E-state index in [4.69, 9.17) is 5.73 Å². The quantitative estimate of drug-likeness (QED) is 0.824. The van der Waals surface area contributed by atoms with Gasteiger partial charge in [-0.25, -0.2) is 0 Å². The Kier molecular flexibility index (Phi) is 5.04. The van der Waals surface area contributed by atoms with Gasteiger partial charge in [-0.05, 0) is 37.3 Å². The number of allylic oxidation sites excluding steroid dienone is 1. The van der Waals surface area contributed by atoms with Crippen LogP contribution in [0.4, 0.5) is 18.9 Å². The SMILES string of the molecule is CC1SC(C(N)=O)=C(C(F)(F)F)N1c1ccccc1C1CCCCC1. The third-order valence-corrected chi connectivity index (χ3v) is 6.02. The maximum absolute atomic E-state index is 13.7. The Morgan fingerprint density at radius 2 is 1.84 bits per heavy atom. The van der Waals surface area contributed by atoms with Crippen LogP contribution in [0.1, 0.15) is 50.5 Å². The zero-order valence-electron chi connectivity index (χ0n) is 14.0. The molecule has 136 valence electrons. The van der Waals surface area contributed by atoms with E-state index in [2.05, 4.69) is 0 Å². The van der Waals surface area contributed by atoms with E-state index in [1.807, 2.05) is 12.1 Å². The number of anilines is 1. The summed E-state index contributed by atoms with van der Waals surface area (Å²) < 4.78 is 41.2. The number of halogens is 3. The minimum atomic E-state index is -4.64. The number of primary amides is 1. The summed E-state index contributed by atoms with van der Waals surface area (Å²) in [6, 6.07) is 7.25. The van der Waals surface area contributed by atoms with Crippen LogP contribution < -0.4 is 10.6 Å². The minimum absolute atomic E-state index is 0.259. The number of thioether (sulfide) groups is 1. The predicted octanol–water partition coefficient (Wildman–Crippen LogP) is 4.89. The average molecular weight is 370 g/mol. The first-order valence-corrected chi connectivity index (χ1v) is 9.34. The number of amides is 1. The Morgan fingerprint density at radius 3 is 2.44 bits per heavy atom. The van der Waals surface area contributed by atoms with Crippen LogP contribution in [0.15, 0.2) is 34.9 Å². The normalized spacial score (nSPS) is 22.6. The van der Waals surface area contributed by atoms with Gasteiger partial charge < -0.3 is 10.6 Å². The molecule has 1 unspecified atom stereocenters. The van der Waals surface area contributed by atoms with Gasteiger partial charge in [0.2, 0.25) is 0 Å². The molecule has 1 aromatic rings. The zero-order valence-corrected chi connectivity index (χ0v) is 14.8. The van der Waals surface area contributed by atoms with E-state index in [0.29, 0.717) is 5.69 Å². The van der Waals surface area contributed by atoms with E-state index in [1.165, 1.54) is 11.3 Å². The lowest BCUT2D eigenvalue weighted by molar-refractivity contribution is -0.115. The molecule has 1 heterocycles. The maximum Gasteiger partial charge on any atom is 0.432 e. The molecule has 1 aromatic carbocycles. The number of para-hydroxylation sites is 1. The summed E-state index contributed by atoms with van der Waals surface area (Å²) in [6.07, 6.45) is 0.700. The van der Waals surface area contributed by atoms with Gasteiger partial charge in [-0.1, -0.05) is 49.2 Å². The number of nitrogens with zero attached hydrogens (tertiary/aromatic N) is 1. The van der Waals surface area contributed by atoms with Crippen molar-refractivity contribution in [3.63, 3.8) is 0 Å². The lowest BCUT2D eigenvalue weighted by Gasteiger charge is -2.32. The summed E-state index contributed by atoms with van der Waals surface area (Å²) in [5.41, 5.74) is 5.77. The topological polar surface area (TPSA) is 46.3 Å². The molecule has 7 heteroatoms. The highest BCUT2D eigenvalue weighted by atomic mass is 32.2. The Labute approximate surface area is 149 Å². The van der Waals surface area contributed by atoms with E-state index in [1.54, 1.807) is 19.1 Å². The molecule has 0 saturated heterocycles. The van der Waals surface area contributed by atoms with E-state index in [0.717, 1.165) is 43.0 Å². The Bertz CT molecular complexity index is 696. The molecule has 25 heavy (non-hydrogen) atoms. The van der Waals surface area contributed by atoms with Crippen molar-refractivity contribution in [2.24, 2.45) is 5.73 Å². The van der Waals surface area contributed by atoms with Crippen molar-refractivity contribution in [3.8, 4) is 0 Å². The van der Waals surface area contributed by atoms with Crippen LogP contribution in [0.3, 0.4) is 0 Å². The van der Waals surface area contributed by atoms with Crippen LogP contribution in [0.25, 0.3) is 0 Å². The van der Waals surface area contributed by atoms with Crippen molar-refractivity contribution in [1.82, 2.24) is 0 Å². The summed E-state index contributed by atoms with van der Waals surface area (Å²) in [5.74, 6) is -0.768. The van der Waals surface area contributed by atoms with Gasteiger partial charge >= 0.3 is 6.18 Å². The number of carbonyl (C=O) groups excluding carboxylic acids is 1. The van der Waals surface area contributed by atoms with E-state index < -0.39 is 28.1 Å². The second kappa shape index (κ2) is 6.94. The fraction of sp³-hybridized carbons (Fsp3) is 0.500. The highest BCUT2D eigenvalue weighted by Crippen LogP contribution is 2.49. The number of carbonyl (C=O) groups is 1. The first kappa shape index (κ1) is 18.2. The van der Waals surface area contributed by atoms with Crippen LogP contribution in [0.2, 0.25) is 0 Å². The number of rotatable bonds is 3. The molecule has 1 fully saturated rings. The summed E-state index contributed by atoms with van der Waals surface area (Å²) in [5, 5.41) is -0.538. The van der Waals surface area contributed by atoms with Crippen LogP contribution in [0, 0.1) is 0 Å². The van der Waals surface area contributed by atoms with Gasteiger partial charge in [0.05, 0.1) is 5.37 Å². The number of nitrogens with two attached hydrogens (primary N) is 1. The molecule has 0 aromatic heterocycles. The number of alkyl halides is 3. The minimum Gasteiger partial charge on any atom is -0.365 e. The summed E-state index contributed by atoms with van der Waals surface area (Å²) in [6.45, 7) is 1.67. The van der Waals surface area contributed by atoms with Gasteiger partial charge in [-0.2, -0.15) is 13.2 Å². The van der Waals surface area contributed by atoms with Crippen LogP contribution in [-0.4, -0.2) is 17.5 Å². The summed E-state index contributed by atoms with van der Waals surface area (Å²) >= 11 is 0.878. The van der Waals surface area contributed by atoms with Gasteiger partial charge in [-0.3, -0.25) is 4.79 Å². The molecule has 1 aliphatic heterocycles. The molecule has 3 rings (SSSR count). The molecule has 1 atom stereocenters. The highest BCUT2D eigenvalue weighted by molar-refractivity contribution is 8.05. The Hall–Kier alpha value is -1.63. The number of hydrogen-bond acceptors (Lipinski definition) is 3. The lowest BCUT2D eigenvalue weighted by atomic mass is 9.83. The zero-order chi connectivity index (χ0) is 18.2. The number of benzene rings is 1. The van der Waals surface area contributed by atoms with E-state index in [-0.39, 0.29) is 5.92 Å². The molecule has 1 amide bonds. The van der Waals surface area contributed by atoms with Crippen LogP contribution in [-0.2, 0) is 4.79 Å². The van der Waals surface area contributed by atoms with Gasteiger partial charge in [-0.15, -0.1) is 0 Å². The van der Waals surface area contributed by atoms with Gasteiger partial charge in [0.1, 0.15) is 10.6 Å².